The molecule has 0 aromatic heterocycles. The van der Waals surface area contributed by atoms with E-state index < -0.39 is 6.04 Å². The molecule has 0 heterocycles. The quantitative estimate of drug-likeness (QED) is 0.630. The van der Waals surface area contributed by atoms with E-state index in [-0.39, 0.29) is 18.4 Å². The van der Waals surface area contributed by atoms with Gasteiger partial charge in [0.15, 0.2) is 0 Å². The van der Waals surface area contributed by atoms with Gasteiger partial charge in [0.05, 0.1) is 6.61 Å². The second kappa shape index (κ2) is 6.83. The molecule has 0 aromatic carbocycles. The Hall–Kier alpha value is -0.280. The molecule has 0 bridgehead atoms. The predicted molar refractivity (Wildman–Crippen MR) is 42.1 cm³/mol. The summed E-state index contributed by atoms with van der Waals surface area (Å²) in [5.74, 6) is -0.322. The highest BCUT2D eigenvalue weighted by atomic mass is 35.5. The minimum absolute atomic E-state index is 0. The lowest BCUT2D eigenvalue weighted by Crippen LogP contribution is -2.28. The standard InChI is InChI=1S/C6H13NO2.ClH/c1-3-4-9-6(8)5(2)7;/h5H,3-4,7H2,1-2H3;1H/t5-;/m1./s1. The Morgan fingerprint density at radius 2 is 2.20 bits per heavy atom. The lowest BCUT2D eigenvalue weighted by Gasteiger charge is -2.03. The predicted octanol–water partition coefficient (Wildman–Crippen LogP) is 0.709. The van der Waals surface area contributed by atoms with Crippen molar-refractivity contribution in [1.82, 2.24) is 0 Å². The number of hydrogen-bond acceptors (Lipinski definition) is 3. The molecule has 0 aliphatic rings. The van der Waals surface area contributed by atoms with E-state index in [2.05, 4.69) is 4.74 Å². The summed E-state index contributed by atoms with van der Waals surface area (Å²) in [4.78, 5) is 10.6. The van der Waals surface area contributed by atoms with Crippen LogP contribution in [0.2, 0.25) is 0 Å². The number of ether oxygens (including phenoxy) is 1. The molecule has 62 valence electrons. The van der Waals surface area contributed by atoms with Gasteiger partial charge in [0.25, 0.3) is 0 Å². The van der Waals surface area contributed by atoms with Gasteiger partial charge in [-0.15, -0.1) is 12.4 Å². The molecule has 0 fully saturated rings. The highest BCUT2D eigenvalue weighted by molar-refractivity contribution is 5.85. The monoisotopic (exact) mass is 167 g/mol. The Morgan fingerprint density at radius 1 is 1.70 bits per heavy atom. The number of hydrogen-bond donors (Lipinski definition) is 1. The maximum Gasteiger partial charge on any atom is 0.322 e. The molecule has 0 rings (SSSR count). The molecule has 0 saturated heterocycles. The van der Waals surface area contributed by atoms with Crippen LogP contribution in [0, 0.1) is 0 Å². The third kappa shape index (κ3) is 5.85. The highest BCUT2D eigenvalue weighted by Crippen LogP contribution is 1.85. The Bertz CT molecular complexity index is 95.7. The lowest BCUT2D eigenvalue weighted by molar-refractivity contribution is -0.144. The molecule has 0 saturated carbocycles. The SMILES string of the molecule is CCCOC(=O)[C@@H](C)N.Cl. The van der Waals surface area contributed by atoms with Crippen LogP contribution < -0.4 is 5.73 Å². The van der Waals surface area contributed by atoms with Gasteiger partial charge in [0.1, 0.15) is 6.04 Å². The van der Waals surface area contributed by atoms with Crippen molar-refractivity contribution in [2.45, 2.75) is 26.3 Å². The summed E-state index contributed by atoms with van der Waals surface area (Å²) in [6.07, 6.45) is 0.846. The molecular formula is C6H14ClNO2. The molecule has 0 aromatic rings. The first-order chi connectivity index (χ1) is 4.18. The van der Waals surface area contributed by atoms with Crippen LogP contribution in [-0.4, -0.2) is 18.6 Å². The van der Waals surface area contributed by atoms with Gasteiger partial charge in [-0.1, -0.05) is 6.92 Å². The van der Waals surface area contributed by atoms with Gasteiger partial charge >= 0.3 is 5.97 Å². The first-order valence-corrected chi connectivity index (χ1v) is 3.10. The van der Waals surface area contributed by atoms with Crippen molar-refractivity contribution in [2.24, 2.45) is 5.73 Å². The zero-order valence-corrected chi connectivity index (χ0v) is 7.11. The first-order valence-electron chi connectivity index (χ1n) is 3.10. The summed E-state index contributed by atoms with van der Waals surface area (Å²) in [7, 11) is 0. The van der Waals surface area contributed by atoms with E-state index in [1.165, 1.54) is 0 Å². The molecule has 0 spiro atoms. The zero-order chi connectivity index (χ0) is 7.28. The number of nitrogens with two attached hydrogens (primary N) is 1. The van der Waals surface area contributed by atoms with Crippen LogP contribution in [0.4, 0.5) is 0 Å². The molecule has 1 atom stereocenters. The van der Waals surface area contributed by atoms with Crippen LogP contribution in [0.25, 0.3) is 0 Å². The topological polar surface area (TPSA) is 52.3 Å². The smallest absolute Gasteiger partial charge is 0.322 e. The molecule has 4 heteroatoms. The fourth-order valence-electron chi connectivity index (χ4n) is 0.334. The van der Waals surface area contributed by atoms with Crippen molar-refractivity contribution in [2.75, 3.05) is 6.61 Å². The van der Waals surface area contributed by atoms with E-state index in [9.17, 15) is 4.79 Å². The average Bonchev–Trinajstić information content (AvgIpc) is 1.82. The number of carbonyl (C=O) groups excluding carboxylic acids is 1. The fraction of sp³-hybridized carbons (Fsp3) is 0.833. The van der Waals surface area contributed by atoms with Crippen molar-refractivity contribution in [3.8, 4) is 0 Å². The van der Waals surface area contributed by atoms with Crippen LogP contribution in [-0.2, 0) is 9.53 Å². The Kier molecular flexibility index (Phi) is 8.48. The van der Waals surface area contributed by atoms with Crippen LogP contribution in [0.3, 0.4) is 0 Å². The van der Waals surface area contributed by atoms with Crippen molar-refractivity contribution < 1.29 is 9.53 Å². The van der Waals surface area contributed by atoms with Gasteiger partial charge < -0.3 is 10.5 Å². The molecule has 0 aliphatic carbocycles. The van der Waals surface area contributed by atoms with Crippen molar-refractivity contribution in [1.29, 1.82) is 0 Å². The summed E-state index contributed by atoms with van der Waals surface area (Å²) in [5.41, 5.74) is 5.20. The number of esters is 1. The molecular weight excluding hydrogens is 154 g/mol. The summed E-state index contributed by atoms with van der Waals surface area (Å²) in [6.45, 7) is 4.02. The van der Waals surface area contributed by atoms with E-state index in [1.54, 1.807) is 6.92 Å². The fourth-order valence-corrected chi connectivity index (χ4v) is 0.334. The second-order valence-electron chi connectivity index (χ2n) is 1.96. The summed E-state index contributed by atoms with van der Waals surface area (Å²) in [5, 5.41) is 0. The van der Waals surface area contributed by atoms with Crippen LogP contribution >= 0.6 is 12.4 Å². The number of halogens is 1. The zero-order valence-electron chi connectivity index (χ0n) is 6.29. The minimum Gasteiger partial charge on any atom is -0.465 e. The maximum absolute atomic E-state index is 10.6. The van der Waals surface area contributed by atoms with Crippen LogP contribution in [0.1, 0.15) is 20.3 Å². The van der Waals surface area contributed by atoms with E-state index in [1.807, 2.05) is 6.92 Å². The second-order valence-corrected chi connectivity index (χ2v) is 1.96. The van der Waals surface area contributed by atoms with E-state index in [4.69, 9.17) is 5.73 Å². The Labute approximate surface area is 67.3 Å². The van der Waals surface area contributed by atoms with Gasteiger partial charge in [-0.2, -0.15) is 0 Å². The number of rotatable bonds is 3. The molecule has 0 unspecified atom stereocenters. The van der Waals surface area contributed by atoms with Gasteiger partial charge in [-0.25, -0.2) is 0 Å². The Balaban J connectivity index is 0. The van der Waals surface area contributed by atoms with Gasteiger partial charge in [0.2, 0.25) is 0 Å². The third-order valence-electron chi connectivity index (χ3n) is 0.820. The van der Waals surface area contributed by atoms with Crippen LogP contribution in [0.5, 0.6) is 0 Å². The van der Waals surface area contributed by atoms with Crippen LogP contribution in [0.15, 0.2) is 0 Å². The van der Waals surface area contributed by atoms with E-state index in [0.29, 0.717) is 6.61 Å². The molecule has 10 heavy (non-hydrogen) atoms. The molecule has 3 nitrogen and oxygen atoms in total. The normalized spacial score (nSPS) is 11.5. The molecule has 0 amide bonds. The number of carbonyl (C=O) groups is 1. The maximum atomic E-state index is 10.6. The van der Waals surface area contributed by atoms with Gasteiger partial charge in [-0.05, 0) is 13.3 Å². The van der Waals surface area contributed by atoms with Crippen molar-refractivity contribution in [3.05, 3.63) is 0 Å². The van der Waals surface area contributed by atoms with E-state index in [0.717, 1.165) is 6.42 Å². The molecule has 0 radical (unpaired) electrons. The molecule has 0 aliphatic heterocycles. The first kappa shape index (κ1) is 12.4. The Morgan fingerprint density at radius 3 is 2.50 bits per heavy atom. The third-order valence-corrected chi connectivity index (χ3v) is 0.820. The minimum atomic E-state index is -0.489. The largest absolute Gasteiger partial charge is 0.465 e. The summed E-state index contributed by atoms with van der Waals surface area (Å²) >= 11 is 0. The van der Waals surface area contributed by atoms with Gasteiger partial charge in [0, 0.05) is 0 Å². The van der Waals surface area contributed by atoms with Crippen molar-refractivity contribution in [3.63, 3.8) is 0 Å². The lowest BCUT2D eigenvalue weighted by atomic mass is 10.4. The average molecular weight is 168 g/mol. The summed E-state index contributed by atoms with van der Waals surface area (Å²) < 4.78 is 4.69. The van der Waals surface area contributed by atoms with Crippen molar-refractivity contribution >= 4 is 18.4 Å². The highest BCUT2D eigenvalue weighted by Gasteiger charge is 2.06. The molecule has 2 N–H and O–H groups in total. The summed E-state index contributed by atoms with van der Waals surface area (Å²) in [6, 6.07) is -0.489. The van der Waals surface area contributed by atoms with E-state index >= 15 is 0 Å². The van der Waals surface area contributed by atoms with Gasteiger partial charge in [-0.3, -0.25) is 4.79 Å².